The molecule has 2 heterocycles. The lowest BCUT2D eigenvalue weighted by molar-refractivity contribution is 0.0684. The Bertz CT molecular complexity index is 767. The number of amides is 1. The highest BCUT2D eigenvalue weighted by Gasteiger charge is 2.25. The van der Waals surface area contributed by atoms with E-state index in [2.05, 4.69) is 59.5 Å². The number of aryl methyl sites for hydroxylation is 1. The molecule has 0 saturated carbocycles. The molecule has 0 unspecified atom stereocenters. The van der Waals surface area contributed by atoms with Crippen LogP contribution in [-0.2, 0) is 6.42 Å². The van der Waals surface area contributed by atoms with Crippen molar-refractivity contribution in [1.82, 2.24) is 14.9 Å². The van der Waals surface area contributed by atoms with Gasteiger partial charge < -0.3 is 10.2 Å². The van der Waals surface area contributed by atoms with Gasteiger partial charge in [0.15, 0.2) is 0 Å². The molecular weight excluding hydrogens is 348 g/mol. The van der Waals surface area contributed by atoms with E-state index < -0.39 is 0 Å². The molecule has 150 valence electrons. The Hall–Kier alpha value is -2.43. The standard InChI is InChI=1S/C23H32N4O/c1-17(2)9-12-24-23-25-18(3)15-21(26-23)22(28)27-13-10-20(11-14-27)16-19-7-5-4-6-8-19/h4-8,15,17,20H,9-14,16H2,1-3H3,(H,24,25,26). The van der Waals surface area contributed by atoms with E-state index in [1.54, 1.807) is 6.07 Å². The van der Waals surface area contributed by atoms with Crippen LogP contribution in [0.1, 0.15) is 54.9 Å². The summed E-state index contributed by atoms with van der Waals surface area (Å²) < 4.78 is 0. The summed E-state index contributed by atoms with van der Waals surface area (Å²) in [5.74, 6) is 1.85. The Kier molecular flexibility index (Phi) is 7.01. The lowest BCUT2D eigenvalue weighted by Crippen LogP contribution is -2.39. The van der Waals surface area contributed by atoms with Crippen LogP contribution < -0.4 is 5.32 Å². The van der Waals surface area contributed by atoms with Crippen LogP contribution in [0.15, 0.2) is 36.4 Å². The molecule has 1 aliphatic rings. The highest BCUT2D eigenvalue weighted by Crippen LogP contribution is 2.23. The first-order chi connectivity index (χ1) is 13.5. The summed E-state index contributed by atoms with van der Waals surface area (Å²) in [6.45, 7) is 8.72. The van der Waals surface area contributed by atoms with Crippen molar-refractivity contribution in [2.75, 3.05) is 25.0 Å². The molecule has 0 aliphatic carbocycles. The number of aromatic nitrogens is 2. The zero-order valence-electron chi connectivity index (χ0n) is 17.3. The van der Waals surface area contributed by atoms with Gasteiger partial charge in [-0.15, -0.1) is 0 Å². The highest BCUT2D eigenvalue weighted by molar-refractivity contribution is 5.92. The summed E-state index contributed by atoms with van der Waals surface area (Å²) in [5, 5.41) is 3.26. The number of likely N-dealkylation sites (tertiary alicyclic amines) is 1. The Morgan fingerprint density at radius 3 is 2.57 bits per heavy atom. The Labute approximate surface area is 168 Å². The van der Waals surface area contributed by atoms with Gasteiger partial charge in [0.05, 0.1) is 0 Å². The molecule has 0 atom stereocenters. The van der Waals surface area contributed by atoms with Crippen LogP contribution in [0, 0.1) is 18.8 Å². The number of hydrogen-bond acceptors (Lipinski definition) is 4. The summed E-state index contributed by atoms with van der Waals surface area (Å²) >= 11 is 0. The van der Waals surface area contributed by atoms with Crippen molar-refractivity contribution in [3.63, 3.8) is 0 Å². The zero-order valence-corrected chi connectivity index (χ0v) is 17.3. The van der Waals surface area contributed by atoms with E-state index in [9.17, 15) is 4.79 Å². The first-order valence-corrected chi connectivity index (χ1v) is 10.4. The molecule has 0 spiro atoms. The van der Waals surface area contributed by atoms with Crippen molar-refractivity contribution in [3.8, 4) is 0 Å². The minimum atomic E-state index is 0.0237. The number of piperidine rings is 1. The van der Waals surface area contributed by atoms with Gasteiger partial charge in [-0.3, -0.25) is 4.79 Å². The number of nitrogens with one attached hydrogen (secondary N) is 1. The van der Waals surface area contributed by atoms with Crippen molar-refractivity contribution >= 4 is 11.9 Å². The van der Waals surface area contributed by atoms with E-state index in [0.717, 1.165) is 51.0 Å². The molecule has 1 aliphatic heterocycles. The molecule has 1 N–H and O–H groups in total. The third-order valence-electron chi connectivity index (χ3n) is 5.35. The maximum atomic E-state index is 13.0. The Morgan fingerprint density at radius 1 is 1.18 bits per heavy atom. The van der Waals surface area contributed by atoms with Crippen molar-refractivity contribution in [3.05, 3.63) is 53.3 Å². The first kappa shape index (κ1) is 20.3. The van der Waals surface area contributed by atoms with Gasteiger partial charge in [0.2, 0.25) is 5.95 Å². The molecule has 5 heteroatoms. The van der Waals surface area contributed by atoms with E-state index in [-0.39, 0.29) is 5.91 Å². The Morgan fingerprint density at radius 2 is 1.89 bits per heavy atom. The number of hydrogen-bond donors (Lipinski definition) is 1. The predicted molar refractivity (Wildman–Crippen MR) is 113 cm³/mol. The fourth-order valence-electron chi connectivity index (χ4n) is 3.68. The largest absolute Gasteiger partial charge is 0.354 e. The molecule has 1 amide bonds. The summed E-state index contributed by atoms with van der Waals surface area (Å²) in [6, 6.07) is 12.4. The molecule has 2 aromatic rings. The third-order valence-corrected chi connectivity index (χ3v) is 5.35. The van der Waals surface area contributed by atoms with Gasteiger partial charge in [-0.1, -0.05) is 44.2 Å². The highest BCUT2D eigenvalue weighted by atomic mass is 16.2. The quantitative estimate of drug-likeness (QED) is 0.776. The number of carbonyl (C=O) groups is 1. The van der Waals surface area contributed by atoms with E-state index in [1.807, 2.05) is 11.8 Å². The van der Waals surface area contributed by atoms with Gasteiger partial charge in [0.25, 0.3) is 5.91 Å². The molecule has 5 nitrogen and oxygen atoms in total. The fraction of sp³-hybridized carbons (Fsp3) is 0.522. The summed E-state index contributed by atoms with van der Waals surface area (Å²) in [4.78, 5) is 23.8. The second-order valence-electron chi connectivity index (χ2n) is 8.25. The maximum Gasteiger partial charge on any atom is 0.272 e. The van der Waals surface area contributed by atoms with Gasteiger partial charge in [-0.2, -0.15) is 0 Å². The molecule has 1 aromatic carbocycles. The second-order valence-corrected chi connectivity index (χ2v) is 8.25. The van der Waals surface area contributed by atoms with Gasteiger partial charge in [0, 0.05) is 25.3 Å². The number of carbonyl (C=O) groups excluding carboxylic acids is 1. The minimum absolute atomic E-state index is 0.0237. The van der Waals surface area contributed by atoms with Crippen LogP contribution in [-0.4, -0.2) is 40.4 Å². The maximum absolute atomic E-state index is 13.0. The Balaban J connectivity index is 1.56. The smallest absolute Gasteiger partial charge is 0.272 e. The lowest BCUT2D eigenvalue weighted by Gasteiger charge is -2.32. The van der Waals surface area contributed by atoms with E-state index >= 15 is 0 Å². The third kappa shape index (κ3) is 5.78. The topological polar surface area (TPSA) is 58.1 Å². The van der Waals surface area contributed by atoms with Crippen molar-refractivity contribution in [1.29, 1.82) is 0 Å². The molecule has 28 heavy (non-hydrogen) atoms. The van der Waals surface area contributed by atoms with Gasteiger partial charge in [-0.25, -0.2) is 9.97 Å². The molecule has 0 radical (unpaired) electrons. The molecule has 3 rings (SSSR count). The molecular formula is C23H32N4O. The van der Waals surface area contributed by atoms with Crippen LogP contribution in [0.4, 0.5) is 5.95 Å². The summed E-state index contributed by atoms with van der Waals surface area (Å²) in [6.07, 6.45) is 4.24. The first-order valence-electron chi connectivity index (χ1n) is 10.4. The normalized spacial score (nSPS) is 15.1. The summed E-state index contributed by atoms with van der Waals surface area (Å²) in [7, 11) is 0. The van der Waals surface area contributed by atoms with Crippen LogP contribution in [0.3, 0.4) is 0 Å². The lowest BCUT2D eigenvalue weighted by atomic mass is 9.90. The number of anilines is 1. The molecule has 0 bridgehead atoms. The minimum Gasteiger partial charge on any atom is -0.354 e. The molecule has 1 aromatic heterocycles. The number of nitrogens with zero attached hydrogens (tertiary/aromatic N) is 3. The van der Waals surface area contributed by atoms with E-state index in [4.69, 9.17) is 0 Å². The average molecular weight is 381 g/mol. The predicted octanol–water partition coefficient (Wildman–Crippen LogP) is 4.34. The zero-order chi connectivity index (χ0) is 19.9. The van der Waals surface area contributed by atoms with Crippen LogP contribution in [0.2, 0.25) is 0 Å². The van der Waals surface area contributed by atoms with E-state index in [1.165, 1.54) is 5.56 Å². The number of benzene rings is 1. The monoisotopic (exact) mass is 380 g/mol. The van der Waals surface area contributed by atoms with Crippen molar-refractivity contribution < 1.29 is 4.79 Å². The fourth-order valence-corrected chi connectivity index (χ4v) is 3.68. The molecule has 1 saturated heterocycles. The second kappa shape index (κ2) is 9.67. The van der Waals surface area contributed by atoms with Crippen molar-refractivity contribution in [2.24, 2.45) is 11.8 Å². The van der Waals surface area contributed by atoms with Crippen LogP contribution >= 0.6 is 0 Å². The van der Waals surface area contributed by atoms with Gasteiger partial charge in [-0.05, 0) is 56.1 Å². The van der Waals surface area contributed by atoms with Crippen LogP contribution in [0.5, 0.6) is 0 Å². The van der Waals surface area contributed by atoms with Gasteiger partial charge in [0.1, 0.15) is 5.69 Å². The number of rotatable bonds is 7. The van der Waals surface area contributed by atoms with Gasteiger partial charge >= 0.3 is 0 Å². The van der Waals surface area contributed by atoms with E-state index in [0.29, 0.717) is 23.5 Å². The average Bonchev–Trinajstić information content (AvgIpc) is 2.68. The summed E-state index contributed by atoms with van der Waals surface area (Å²) in [5.41, 5.74) is 2.71. The van der Waals surface area contributed by atoms with Crippen molar-refractivity contribution in [2.45, 2.75) is 46.5 Å². The molecule has 1 fully saturated rings. The van der Waals surface area contributed by atoms with Crippen LogP contribution in [0.25, 0.3) is 0 Å². The SMILES string of the molecule is Cc1cc(C(=O)N2CCC(Cc3ccccc3)CC2)nc(NCCC(C)C)n1.